The summed E-state index contributed by atoms with van der Waals surface area (Å²) in [6, 6.07) is 6.37. The molecular weight excluding hydrogens is 395 g/mol. The predicted molar refractivity (Wildman–Crippen MR) is 126 cm³/mol. The van der Waals surface area contributed by atoms with Crippen molar-refractivity contribution in [2.45, 2.75) is 52.7 Å². The summed E-state index contributed by atoms with van der Waals surface area (Å²) in [5, 5.41) is 0. The van der Waals surface area contributed by atoms with Crippen LogP contribution in [0.2, 0.25) is 0 Å². The Kier molecular flexibility index (Phi) is 9.24. The third kappa shape index (κ3) is 7.21. The number of aromatic amines is 1. The van der Waals surface area contributed by atoms with E-state index in [9.17, 15) is 9.18 Å². The minimum atomic E-state index is -0.277. The summed E-state index contributed by atoms with van der Waals surface area (Å²) >= 11 is 0. The molecule has 0 saturated heterocycles. The summed E-state index contributed by atoms with van der Waals surface area (Å²) < 4.78 is 19.0. The van der Waals surface area contributed by atoms with Crippen LogP contribution >= 0.6 is 0 Å². The molecule has 0 amide bonds. The van der Waals surface area contributed by atoms with Crippen molar-refractivity contribution in [2.24, 2.45) is 0 Å². The Hall–Kier alpha value is -2.67. The Morgan fingerprint density at radius 3 is 2.52 bits per heavy atom. The fraction of sp³-hybridized carbons (Fsp3) is 0.500. The molecule has 0 atom stereocenters. The fourth-order valence-corrected chi connectivity index (χ4v) is 3.33. The number of hydrogen-bond donors (Lipinski definition) is 1. The molecule has 31 heavy (non-hydrogen) atoms. The van der Waals surface area contributed by atoms with E-state index >= 15 is 0 Å². The molecule has 1 aromatic heterocycles. The second kappa shape index (κ2) is 11.6. The largest absolute Gasteiger partial charge is 0.379 e. The molecule has 1 N–H and O–H groups in total. The molecule has 6 nitrogen and oxygen atoms in total. The van der Waals surface area contributed by atoms with Gasteiger partial charge in [0.25, 0.3) is 5.56 Å². The van der Waals surface area contributed by atoms with Crippen LogP contribution in [0.1, 0.15) is 51.3 Å². The predicted octanol–water partition coefficient (Wildman–Crippen LogP) is 4.61. The van der Waals surface area contributed by atoms with Crippen LogP contribution in [0, 0.1) is 5.82 Å². The lowest BCUT2D eigenvalue weighted by Crippen LogP contribution is -2.31. The zero-order valence-corrected chi connectivity index (χ0v) is 19.4. The van der Waals surface area contributed by atoms with Gasteiger partial charge in [-0.05, 0) is 50.0 Å². The molecule has 0 aliphatic rings. The van der Waals surface area contributed by atoms with Gasteiger partial charge in [-0.15, -0.1) is 0 Å². The average molecular weight is 431 g/mol. The number of nitrogens with one attached hydrogen (secondary N) is 1. The number of nitrogens with zero attached hydrogens (tertiary/aromatic N) is 3. The lowest BCUT2D eigenvalue weighted by molar-refractivity contribution is 0.0778. The van der Waals surface area contributed by atoms with Crippen LogP contribution in [0.4, 0.5) is 16.0 Å². The van der Waals surface area contributed by atoms with Gasteiger partial charge in [0.15, 0.2) is 0 Å². The maximum atomic E-state index is 13.4. The van der Waals surface area contributed by atoms with E-state index in [2.05, 4.69) is 18.5 Å². The van der Waals surface area contributed by atoms with Gasteiger partial charge in [-0.2, -0.15) is 0 Å². The fourth-order valence-electron chi connectivity index (χ4n) is 3.33. The highest BCUT2D eigenvalue weighted by Gasteiger charge is 2.19. The number of allylic oxidation sites excluding steroid dienone is 1. The normalized spacial score (nSPS) is 11.1. The molecule has 2 aromatic rings. The van der Waals surface area contributed by atoms with Crippen molar-refractivity contribution in [2.75, 3.05) is 37.0 Å². The van der Waals surface area contributed by atoms with Crippen molar-refractivity contribution >= 4 is 17.2 Å². The lowest BCUT2D eigenvalue weighted by atomic mass is 10.1. The van der Waals surface area contributed by atoms with Crippen LogP contribution in [0.3, 0.4) is 0 Å². The van der Waals surface area contributed by atoms with Gasteiger partial charge in [-0.3, -0.25) is 9.78 Å². The van der Waals surface area contributed by atoms with E-state index in [1.54, 1.807) is 17.0 Å². The minimum Gasteiger partial charge on any atom is -0.379 e. The maximum Gasteiger partial charge on any atom is 0.276 e. The number of H-pyrrole nitrogens is 1. The molecule has 0 bridgehead atoms. The molecule has 0 spiro atoms. The molecule has 170 valence electrons. The van der Waals surface area contributed by atoms with Gasteiger partial charge in [-0.1, -0.05) is 32.1 Å². The highest BCUT2D eigenvalue weighted by atomic mass is 19.1. The number of rotatable bonds is 12. The Bertz CT molecular complexity index is 907. The average Bonchev–Trinajstić information content (AvgIpc) is 2.70. The Morgan fingerprint density at radius 1 is 1.26 bits per heavy atom. The first-order valence-corrected chi connectivity index (χ1v) is 10.8. The number of anilines is 2. The zero-order chi connectivity index (χ0) is 23.0. The summed E-state index contributed by atoms with van der Waals surface area (Å²) in [6.07, 6.45) is 2.61. The summed E-state index contributed by atoms with van der Waals surface area (Å²) in [5.41, 5.74) is 2.69. The Balaban J connectivity index is 2.41. The third-order valence-corrected chi connectivity index (χ3v) is 4.83. The molecule has 0 aliphatic carbocycles. The molecule has 0 unspecified atom stereocenters. The van der Waals surface area contributed by atoms with E-state index in [4.69, 9.17) is 9.72 Å². The first-order chi connectivity index (χ1) is 14.7. The van der Waals surface area contributed by atoms with Gasteiger partial charge >= 0.3 is 0 Å². The summed E-state index contributed by atoms with van der Waals surface area (Å²) in [6.45, 7) is 12.0. The van der Waals surface area contributed by atoms with E-state index in [0.717, 1.165) is 30.4 Å². The van der Waals surface area contributed by atoms with Crippen LogP contribution in [0.25, 0.3) is 5.57 Å². The van der Waals surface area contributed by atoms with Crippen LogP contribution in [-0.4, -0.2) is 43.3 Å². The van der Waals surface area contributed by atoms with Gasteiger partial charge in [0.2, 0.25) is 5.95 Å². The number of ether oxygens (including phenoxy) is 1. The van der Waals surface area contributed by atoms with Crippen molar-refractivity contribution in [1.82, 2.24) is 9.97 Å². The van der Waals surface area contributed by atoms with E-state index in [-0.39, 0.29) is 17.5 Å². The molecule has 0 aliphatic heterocycles. The molecule has 2 rings (SSSR count). The van der Waals surface area contributed by atoms with Gasteiger partial charge < -0.3 is 14.5 Å². The van der Waals surface area contributed by atoms with E-state index in [1.165, 1.54) is 12.1 Å². The van der Waals surface area contributed by atoms with Gasteiger partial charge in [0.05, 0.1) is 11.8 Å². The highest BCUT2D eigenvalue weighted by molar-refractivity contribution is 5.72. The quantitative estimate of drug-likeness (QED) is 0.498. The van der Waals surface area contributed by atoms with Crippen LogP contribution in [0.5, 0.6) is 0 Å². The smallest absolute Gasteiger partial charge is 0.276 e. The van der Waals surface area contributed by atoms with Crippen molar-refractivity contribution in [3.05, 3.63) is 58.3 Å². The molecule has 0 radical (unpaired) electrons. The first-order valence-electron chi connectivity index (χ1n) is 10.8. The van der Waals surface area contributed by atoms with Crippen molar-refractivity contribution in [1.29, 1.82) is 0 Å². The van der Waals surface area contributed by atoms with Gasteiger partial charge in [-0.25, -0.2) is 9.37 Å². The van der Waals surface area contributed by atoms with E-state index < -0.39 is 0 Å². The molecular formula is C24H35FN4O2. The Labute approximate surface area is 184 Å². The summed E-state index contributed by atoms with van der Waals surface area (Å²) in [4.78, 5) is 24.5. The molecule has 0 fully saturated rings. The zero-order valence-electron chi connectivity index (χ0n) is 19.4. The molecule has 1 aromatic carbocycles. The van der Waals surface area contributed by atoms with Crippen LogP contribution in [0.15, 0.2) is 35.6 Å². The van der Waals surface area contributed by atoms with Crippen molar-refractivity contribution in [3.8, 4) is 0 Å². The maximum absolute atomic E-state index is 13.4. The van der Waals surface area contributed by atoms with Crippen molar-refractivity contribution < 1.29 is 9.13 Å². The second-order valence-corrected chi connectivity index (χ2v) is 8.16. The summed E-state index contributed by atoms with van der Waals surface area (Å²) in [5.74, 6) is 0.206. The molecule has 7 heteroatoms. The monoisotopic (exact) mass is 430 g/mol. The number of aromatic nitrogens is 2. The number of halogens is 1. The van der Waals surface area contributed by atoms with Gasteiger partial charge in [0, 0.05) is 33.8 Å². The second-order valence-electron chi connectivity index (χ2n) is 8.16. The number of benzene rings is 1. The SMILES string of the molecule is C=C(CCC)c1nc(N(CCCOC(C)C)Cc2ccc(F)cc2)[nH]c(=O)c1N(C)C. The first kappa shape index (κ1) is 24.6. The highest BCUT2D eigenvalue weighted by Crippen LogP contribution is 2.25. The summed E-state index contributed by atoms with van der Waals surface area (Å²) in [7, 11) is 3.66. The lowest BCUT2D eigenvalue weighted by Gasteiger charge is -2.26. The standard InChI is InChI=1S/C24H35FN4O2/c1-7-9-18(4)21-22(28(5)6)23(30)27-24(26-21)29(14-8-15-31-17(2)3)16-19-10-12-20(25)13-11-19/h10-13,17H,4,7-9,14-16H2,1-3,5-6H3,(H,26,27,30). The Morgan fingerprint density at radius 2 is 1.94 bits per heavy atom. The molecule has 0 saturated carbocycles. The minimum absolute atomic E-state index is 0.159. The van der Waals surface area contributed by atoms with Crippen LogP contribution in [-0.2, 0) is 11.3 Å². The van der Waals surface area contributed by atoms with Gasteiger partial charge in [0.1, 0.15) is 11.5 Å². The number of hydrogen-bond acceptors (Lipinski definition) is 5. The van der Waals surface area contributed by atoms with Crippen molar-refractivity contribution in [3.63, 3.8) is 0 Å². The third-order valence-electron chi connectivity index (χ3n) is 4.83. The molecule has 1 heterocycles. The topological polar surface area (TPSA) is 61.5 Å². The van der Waals surface area contributed by atoms with E-state index in [0.29, 0.717) is 37.0 Å². The van der Waals surface area contributed by atoms with E-state index in [1.807, 2.05) is 32.8 Å². The van der Waals surface area contributed by atoms with Crippen LogP contribution < -0.4 is 15.4 Å².